The van der Waals surface area contributed by atoms with Crippen molar-refractivity contribution in [3.63, 3.8) is 0 Å². The summed E-state index contributed by atoms with van der Waals surface area (Å²) in [5.41, 5.74) is 2.09. The fourth-order valence-electron chi connectivity index (χ4n) is 2.63. The Balaban J connectivity index is 1.69. The summed E-state index contributed by atoms with van der Waals surface area (Å²) in [7, 11) is 1.78. The van der Waals surface area contributed by atoms with E-state index in [2.05, 4.69) is 16.4 Å². The van der Waals surface area contributed by atoms with Crippen LogP contribution in [0.2, 0.25) is 0 Å². The predicted molar refractivity (Wildman–Crippen MR) is 86.8 cm³/mol. The Morgan fingerprint density at radius 2 is 2.27 bits per heavy atom. The quantitative estimate of drug-likeness (QED) is 0.850. The van der Waals surface area contributed by atoms with Crippen LogP contribution in [-0.2, 0) is 11.2 Å². The van der Waals surface area contributed by atoms with Crippen molar-refractivity contribution in [2.24, 2.45) is 0 Å². The summed E-state index contributed by atoms with van der Waals surface area (Å²) in [6, 6.07) is 4.50. The highest BCUT2D eigenvalue weighted by atomic mass is 16.6. The summed E-state index contributed by atoms with van der Waals surface area (Å²) >= 11 is 0. The molecule has 0 bridgehead atoms. The van der Waals surface area contributed by atoms with Gasteiger partial charge in [0.1, 0.15) is 5.60 Å². The third-order valence-corrected chi connectivity index (χ3v) is 3.72. The van der Waals surface area contributed by atoms with Gasteiger partial charge >= 0.3 is 6.09 Å². The van der Waals surface area contributed by atoms with Crippen molar-refractivity contribution in [2.45, 2.75) is 51.7 Å². The molecule has 22 heavy (non-hydrogen) atoms. The molecule has 1 heterocycles. The van der Waals surface area contributed by atoms with Gasteiger partial charge in [0.15, 0.2) is 0 Å². The molecule has 5 heteroatoms. The number of carbonyl (C=O) groups excluding carboxylic acids is 1. The number of fused-ring (bicyclic) bond motifs is 1. The molecule has 1 aromatic rings. The summed E-state index contributed by atoms with van der Waals surface area (Å²) in [4.78, 5) is 18.0. The minimum Gasteiger partial charge on any atom is -0.444 e. The average molecular weight is 305 g/mol. The Morgan fingerprint density at radius 1 is 1.50 bits per heavy atom. The Kier molecular flexibility index (Phi) is 5.40. The van der Waals surface area contributed by atoms with Crippen molar-refractivity contribution < 1.29 is 9.53 Å². The first-order valence-electron chi connectivity index (χ1n) is 7.98. The lowest BCUT2D eigenvalue weighted by atomic mass is 10.2. The van der Waals surface area contributed by atoms with Gasteiger partial charge in [0.2, 0.25) is 0 Å². The summed E-state index contributed by atoms with van der Waals surface area (Å²) in [6.07, 6.45) is 4.69. The number of nitrogens with zero attached hydrogens (tertiary/aromatic N) is 2. The van der Waals surface area contributed by atoms with Gasteiger partial charge in [-0.05, 0) is 58.2 Å². The molecule has 1 amide bonds. The lowest BCUT2D eigenvalue weighted by molar-refractivity contribution is 0.0297. The summed E-state index contributed by atoms with van der Waals surface area (Å²) in [5, 5.41) is 3.54. The molecule has 0 aliphatic heterocycles. The van der Waals surface area contributed by atoms with E-state index in [-0.39, 0.29) is 6.09 Å². The van der Waals surface area contributed by atoms with Gasteiger partial charge in [-0.1, -0.05) is 6.07 Å². The minimum absolute atomic E-state index is 0.264. The number of aryl methyl sites for hydroxylation is 1. The van der Waals surface area contributed by atoms with Gasteiger partial charge in [0, 0.05) is 19.8 Å². The second-order valence-corrected chi connectivity index (χ2v) is 6.85. The van der Waals surface area contributed by atoms with Gasteiger partial charge in [0.05, 0.1) is 11.7 Å². The molecule has 0 saturated heterocycles. The molecule has 0 aromatic carbocycles. The van der Waals surface area contributed by atoms with Crippen LogP contribution >= 0.6 is 0 Å². The Morgan fingerprint density at radius 3 is 3.00 bits per heavy atom. The SMILES string of the molecule is CN(CCCNC1CCc2cccnc21)C(=O)OC(C)(C)C. The van der Waals surface area contributed by atoms with Crippen LogP contribution in [-0.4, -0.2) is 41.7 Å². The van der Waals surface area contributed by atoms with Crippen LogP contribution in [0, 0.1) is 0 Å². The number of rotatable bonds is 5. The fraction of sp³-hybridized carbons (Fsp3) is 0.647. The molecule has 1 aliphatic carbocycles. The molecule has 5 nitrogen and oxygen atoms in total. The van der Waals surface area contributed by atoms with Crippen LogP contribution in [0.5, 0.6) is 0 Å². The summed E-state index contributed by atoms with van der Waals surface area (Å²) in [5.74, 6) is 0. The third kappa shape index (κ3) is 4.70. The van der Waals surface area contributed by atoms with Gasteiger partial charge in [-0.25, -0.2) is 4.79 Å². The van der Waals surface area contributed by atoms with Crippen LogP contribution < -0.4 is 5.32 Å². The number of aromatic nitrogens is 1. The summed E-state index contributed by atoms with van der Waals surface area (Å²) in [6.45, 7) is 7.19. The first-order valence-corrected chi connectivity index (χ1v) is 7.98. The van der Waals surface area contributed by atoms with Crippen molar-refractivity contribution in [3.05, 3.63) is 29.6 Å². The van der Waals surface area contributed by atoms with E-state index in [0.717, 1.165) is 25.8 Å². The van der Waals surface area contributed by atoms with Crippen molar-refractivity contribution in [3.8, 4) is 0 Å². The zero-order chi connectivity index (χ0) is 16.2. The number of carbonyl (C=O) groups is 1. The van der Waals surface area contributed by atoms with Crippen LogP contribution in [0.3, 0.4) is 0 Å². The molecule has 1 N–H and O–H groups in total. The van der Waals surface area contributed by atoms with Gasteiger partial charge < -0.3 is 15.0 Å². The maximum atomic E-state index is 11.8. The molecule has 0 spiro atoms. The fourth-order valence-corrected chi connectivity index (χ4v) is 2.63. The van der Waals surface area contributed by atoms with Gasteiger partial charge in [0.25, 0.3) is 0 Å². The number of nitrogens with one attached hydrogen (secondary N) is 1. The van der Waals surface area contributed by atoms with E-state index in [1.165, 1.54) is 11.3 Å². The zero-order valence-electron chi connectivity index (χ0n) is 14.1. The minimum atomic E-state index is -0.442. The smallest absolute Gasteiger partial charge is 0.410 e. The molecule has 1 aromatic heterocycles. The molecule has 0 saturated carbocycles. The first kappa shape index (κ1) is 16.7. The predicted octanol–water partition coefficient (Wildman–Crippen LogP) is 2.92. The van der Waals surface area contributed by atoms with E-state index in [1.807, 2.05) is 33.0 Å². The Bertz CT molecular complexity index is 511. The molecule has 1 atom stereocenters. The third-order valence-electron chi connectivity index (χ3n) is 3.72. The molecular formula is C17H27N3O2. The zero-order valence-corrected chi connectivity index (χ0v) is 14.1. The maximum Gasteiger partial charge on any atom is 0.410 e. The van der Waals surface area contributed by atoms with E-state index in [9.17, 15) is 4.79 Å². The monoisotopic (exact) mass is 305 g/mol. The van der Waals surface area contributed by atoms with E-state index in [0.29, 0.717) is 12.6 Å². The molecule has 1 unspecified atom stereocenters. The molecule has 1 aliphatic rings. The number of pyridine rings is 1. The highest BCUT2D eigenvalue weighted by molar-refractivity contribution is 5.67. The van der Waals surface area contributed by atoms with Crippen molar-refractivity contribution in [2.75, 3.05) is 20.1 Å². The van der Waals surface area contributed by atoms with Crippen LogP contribution in [0.15, 0.2) is 18.3 Å². The number of ether oxygens (including phenoxy) is 1. The Hall–Kier alpha value is -1.62. The van der Waals surface area contributed by atoms with Crippen molar-refractivity contribution in [1.82, 2.24) is 15.2 Å². The van der Waals surface area contributed by atoms with Crippen molar-refractivity contribution in [1.29, 1.82) is 0 Å². The number of amides is 1. The normalized spacial score (nSPS) is 17.2. The number of hydrogen-bond donors (Lipinski definition) is 1. The van der Waals surface area contributed by atoms with E-state index in [4.69, 9.17) is 4.74 Å². The highest BCUT2D eigenvalue weighted by Gasteiger charge is 2.23. The topological polar surface area (TPSA) is 54.5 Å². The lowest BCUT2D eigenvalue weighted by Crippen LogP contribution is -2.35. The van der Waals surface area contributed by atoms with Gasteiger partial charge in [-0.3, -0.25) is 4.98 Å². The van der Waals surface area contributed by atoms with Crippen LogP contribution in [0.4, 0.5) is 4.79 Å². The second-order valence-electron chi connectivity index (χ2n) is 6.85. The molecule has 0 fully saturated rings. The Labute approximate surface area is 133 Å². The largest absolute Gasteiger partial charge is 0.444 e. The lowest BCUT2D eigenvalue weighted by Gasteiger charge is -2.24. The van der Waals surface area contributed by atoms with Gasteiger partial charge in [-0.15, -0.1) is 0 Å². The highest BCUT2D eigenvalue weighted by Crippen LogP contribution is 2.28. The van der Waals surface area contributed by atoms with E-state index >= 15 is 0 Å². The summed E-state index contributed by atoms with van der Waals surface area (Å²) < 4.78 is 5.33. The maximum absolute atomic E-state index is 11.8. The standard InChI is InChI=1S/C17H27N3O2/c1-17(2,3)22-16(21)20(4)12-6-11-18-14-9-8-13-7-5-10-19-15(13)14/h5,7,10,14,18H,6,8-9,11-12H2,1-4H3. The molecule has 0 radical (unpaired) electrons. The van der Waals surface area contributed by atoms with Crippen LogP contribution in [0.25, 0.3) is 0 Å². The number of hydrogen-bond acceptors (Lipinski definition) is 4. The van der Waals surface area contributed by atoms with E-state index < -0.39 is 5.60 Å². The first-order chi connectivity index (χ1) is 10.4. The van der Waals surface area contributed by atoms with E-state index in [1.54, 1.807) is 11.9 Å². The molecular weight excluding hydrogens is 278 g/mol. The van der Waals surface area contributed by atoms with Gasteiger partial charge in [-0.2, -0.15) is 0 Å². The average Bonchev–Trinajstić information content (AvgIpc) is 2.85. The second kappa shape index (κ2) is 7.09. The molecule has 122 valence electrons. The molecule has 2 rings (SSSR count). The van der Waals surface area contributed by atoms with Crippen LogP contribution in [0.1, 0.15) is 50.9 Å². The van der Waals surface area contributed by atoms with Crippen molar-refractivity contribution >= 4 is 6.09 Å².